The van der Waals surface area contributed by atoms with Gasteiger partial charge < -0.3 is 10.0 Å². The molecule has 0 aliphatic carbocycles. The van der Waals surface area contributed by atoms with Crippen molar-refractivity contribution in [1.29, 1.82) is 0 Å². The molecular formula is C13H20N2O3S2. The van der Waals surface area contributed by atoms with E-state index in [4.69, 9.17) is 5.11 Å². The van der Waals surface area contributed by atoms with Crippen LogP contribution >= 0.6 is 23.1 Å². The molecule has 0 aromatic carbocycles. The second-order valence-electron chi connectivity index (χ2n) is 4.52. The van der Waals surface area contributed by atoms with Gasteiger partial charge in [-0.3, -0.25) is 9.59 Å². The Kier molecular flexibility index (Phi) is 7.01. The number of thiazole rings is 1. The highest BCUT2D eigenvalue weighted by Gasteiger charge is 2.19. The van der Waals surface area contributed by atoms with Gasteiger partial charge in [-0.25, -0.2) is 4.98 Å². The number of amides is 1. The van der Waals surface area contributed by atoms with Crippen LogP contribution < -0.4 is 0 Å². The summed E-state index contributed by atoms with van der Waals surface area (Å²) in [5.41, 5.74) is 0.993. The van der Waals surface area contributed by atoms with Gasteiger partial charge in [0.1, 0.15) is 0 Å². The first-order valence-electron chi connectivity index (χ1n) is 6.43. The quantitative estimate of drug-likeness (QED) is 0.796. The van der Waals surface area contributed by atoms with Gasteiger partial charge in [-0.1, -0.05) is 6.92 Å². The van der Waals surface area contributed by atoms with Crippen molar-refractivity contribution in [2.45, 2.75) is 26.5 Å². The Hall–Kier alpha value is -1.08. The van der Waals surface area contributed by atoms with Crippen LogP contribution in [0.4, 0.5) is 0 Å². The first-order valence-corrected chi connectivity index (χ1v) is 8.46. The Morgan fingerprint density at radius 3 is 2.75 bits per heavy atom. The minimum absolute atomic E-state index is 0.0162. The highest BCUT2D eigenvalue weighted by Crippen LogP contribution is 2.15. The maximum Gasteiger partial charge on any atom is 0.308 e. The number of rotatable bonds is 8. The summed E-state index contributed by atoms with van der Waals surface area (Å²) < 4.78 is 0. The van der Waals surface area contributed by atoms with Gasteiger partial charge in [-0.05, 0) is 13.8 Å². The van der Waals surface area contributed by atoms with Crippen LogP contribution in [0.2, 0.25) is 0 Å². The van der Waals surface area contributed by atoms with Crippen LogP contribution in [0.3, 0.4) is 0 Å². The SMILES string of the molecule is CCN(CC(C)C(=O)O)C(=O)CSCc1csc(C)n1. The third-order valence-electron chi connectivity index (χ3n) is 2.79. The number of carboxylic acids is 1. The smallest absolute Gasteiger partial charge is 0.308 e. The third-order valence-corrected chi connectivity index (χ3v) is 4.57. The average molecular weight is 316 g/mol. The molecule has 1 N–H and O–H groups in total. The van der Waals surface area contributed by atoms with Gasteiger partial charge in [0.05, 0.1) is 22.4 Å². The Labute approximate surface area is 127 Å². The molecule has 1 unspecified atom stereocenters. The van der Waals surface area contributed by atoms with Crippen LogP contribution in [0.5, 0.6) is 0 Å². The van der Waals surface area contributed by atoms with E-state index in [-0.39, 0.29) is 12.5 Å². The van der Waals surface area contributed by atoms with Crippen molar-refractivity contribution in [3.63, 3.8) is 0 Å². The number of hydrogen-bond donors (Lipinski definition) is 1. The molecule has 1 amide bonds. The summed E-state index contributed by atoms with van der Waals surface area (Å²) in [7, 11) is 0. The molecule has 1 rings (SSSR count). The van der Waals surface area contributed by atoms with Gasteiger partial charge in [-0.15, -0.1) is 23.1 Å². The van der Waals surface area contributed by atoms with Crippen LogP contribution in [0.1, 0.15) is 24.5 Å². The van der Waals surface area contributed by atoms with Crippen LogP contribution in [-0.2, 0) is 15.3 Å². The number of aryl methyl sites for hydroxylation is 1. The second kappa shape index (κ2) is 8.26. The topological polar surface area (TPSA) is 70.5 Å². The van der Waals surface area contributed by atoms with Crippen LogP contribution in [0.15, 0.2) is 5.38 Å². The minimum Gasteiger partial charge on any atom is -0.481 e. The van der Waals surface area contributed by atoms with Crippen LogP contribution in [0.25, 0.3) is 0 Å². The summed E-state index contributed by atoms with van der Waals surface area (Å²) >= 11 is 3.11. The highest BCUT2D eigenvalue weighted by molar-refractivity contribution is 7.99. The largest absolute Gasteiger partial charge is 0.481 e. The van der Waals surface area contributed by atoms with Gasteiger partial charge in [0.25, 0.3) is 0 Å². The molecule has 0 saturated carbocycles. The van der Waals surface area contributed by atoms with Gasteiger partial charge in [0.2, 0.25) is 5.91 Å². The molecule has 0 aliphatic rings. The minimum atomic E-state index is -0.873. The summed E-state index contributed by atoms with van der Waals surface area (Å²) in [5.74, 6) is -0.358. The number of hydrogen-bond acceptors (Lipinski definition) is 5. The molecule has 5 nitrogen and oxygen atoms in total. The summed E-state index contributed by atoms with van der Waals surface area (Å²) in [4.78, 5) is 28.8. The zero-order chi connectivity index (χ0) is 15.1. The van der Waals surface area contributed by atoms with E-state index in [2.05, 4.69) is 4.98 Å². The summed E-state index contributed by atoms with van der Waals surface area (Å²) in [5, 5.41) is 11.9. The van der Waals surface area contributed by atoms with Crippen molar-refractivity contribution in [3.05, 3.63) is 16.1 Å². The van der Waals surface area contributed by atoms with Crippen LogP contribution in [-0.4, -0.2) is 45.7 Å². The van der Waals surface area contributed by atoms with E-state index in [1.54, 1.807) is 23.2 Å². The van der Waals surface area contributed by atoms with E-state index in [0.29, 0.717) is 18.1 Å². The van der Waals surface area contributed by atoms with E-state index >= 15 is 0 Å². The van der Waals surface area contributed by atoms with Crippen molar-refractivity contribution in [3.8, 4) is 0 Å². The van der Waals surface area contributed by atoms with Crippen molar-refractivity contribution in [1.82, 2.24) is 9.88 Å². The molecule has 1 aromatic heterocycles. The summed E-state index contributed by atoms with van der Waals surface area (Å²) in [6, 6.07) is 0. The fraction of sp³-hybridized carbons (Fsp3) is 0.615. The number of nitrogens with zero attached hydrogens (tertiary/aromatic N) is 2. The van der Waals surface area contributed by atoms with Crippen LogP contribution in [0, 0.1) is 12.8 Å². The molecule has 1 heterocycles. The van der Waals surface area contributed by atoms with E-state index < -0.39 is 11.9 Å². The zero-order valence-corrected chi connectivity index (χ0v) is 13.6. The predicted molar refractivity (Wildman–Crippen MR) is 82.1 cm³/mol. The van der Waals surface area contributed by atoms with Gasteiger partial charge in [-0.2, -0.15) is 0 Å². The number of aromatic nitrogens is 1. The van der Waals surface area contributed by atoms with Crippen molar-refractivity contribution >= 4 is 35.0 Å². The number of carbonyl (C=O) groups is 2. The lowest BCUT2D eigenvalue weighted by Crippen LogP contribution is -2.37. The van der Waals surface area contributed by atoms with Crippen molar-refractivity contribution in [2.75, 3.05) is 18.8 Å². The van der Waals surface area contributed by atoms with Gasteiger partial charge in [0.15, 0.2) is 0 Å². The number of aliphatic carboxylic acids is 1. The van der Waals surface area contributed by atoms with Crippen molar-refractivity contribution < 1.29 is 14.7 Å². The fourth-order valence-electron chi connectivity index (χ4n) is 1.62. The standard InChI is InChI=1S/C13H20N2O3S2/c1-4-15(5-9(2)13(17)18)12(16)8-19-6-11-7-20-10(3)14-11/h7,9H,4-6,8H2,1-3H3,(H,17,18). The van der Waals surface area contributed by atoms with Gasteiger partial charge >= 0.3 is 5.97 Å². The Balaban J connectivity index is 2.37. The Morgan fingerprint density at radius 1 is 1.55 bits per heavy atom. The highest BCUT2D eigenvalue weighted by atomic mass is 32.2. The first kappa shape index (κ1) is 17.0. The molecule has 1 atom stereocenters. The van der Waals surface area contributed by atoms with Gasteiger partial charge in [0, 0.05) is 24.2 Å². The Morgan fingerprint density at radius 2 is 2.25 bits per heavy atom. The molecule has 0 bridgehead atoms. The molecule has 0 saturated heterocycles. The lowest BCUT2D eigenvalue weighted by atomic mass is 10.2. The number of carbonyl (C=O) groups excluding carboxylic acids is 1. The first-order chi connectivity index (χ1) is 9.43. The molecule has 0 spiro atoms. The molecule has 0 aliphatic heterocycles. The average Bonchev–Trinajstić information content (AvgIpc) is 2.81. The number of thioether (sulfide) groups is 1. The molecule has 0 radical (unpaired) electrons. The molecule has 7 heteroatoms. The number of carboxylic acid groups (broad SMARTS) is 1. The summed E-state index contributed by atoms with van der Waals surface area (Å²) in [6.07, 6.45) is 0. The maximum atomic E-state index is 12.0. The normalized spacial score (nSPS) is 12.2. The molecule has 20 heavy (non-hydrogen) atoms. The monoisotopic (exact) mass is 316 g/mol. The Bertz CT molecular complexity index is 462. The van der Waals surface area contributed by atoms with E-state index in [9.17, 15) is 9.59 Å². The second-order valence-corrected chi connectivity index (χ2v) is 6.57. The lowest BCUT2D eigenvalue weighted by molar-refractivity contribution is -0.142. The predicted octanol–water partition coefficient (Wildman–Crippen LogP) is 2.25. The zero-order valence-electron chi connectivity index (χ0n) is 12.0. The maximum absolute atomic E-state index is 12.0. The van der Waals surface area contributed by atoms with E-state index in [1.165, 1.54) is 11.8 Å². The lowest BCUT2D eigenvalue weighted by Gasteiger charge is -2.22. The summed E-state index contributed by atoms with van der Waals surface area (Å²) in [6.45, 7) is 6.23. The van der Waals surface area contributed by atoms with E-state index in [0.717, 1.165) is 10.7 Å². The third kappa shape index (κ3) is 5.50. The molecular weight excluding hydrogens is 296 g/mol. The fourth-order valence-corrected chi connectivity index (χ4v) is 3.16. The molecule has 1 aromatic rings. The van der Waals surface area contributed by atoms with E-state index in [1.807, 2.05) is 19.2 Å². The molecule has 112 valence electrons. The molecule has 0 fully saturated rings. The van der Waals surface area contributed by atoms with Crippen molar-refractivity contribution in [2.24, 2.45) is 5.92 Å².